The molecule has 6 nitrogen and oxygen atoms in total. The molecule has 2 heterocycles. The molecule has 2 aromatic carbocycles. The van der Waals surface area contributed by atoms with Crippen molar-refractivity contribution in [2.45, 2.75) is 25.2 Å². The number of rotatable bonds is 5. The molecule has 0 atom stereocenters. The second-order valence-corrected chi connectivity index (χ2v) is 8.39. The Balaban J connectivity index is 1.26. The van der Waals surface area contributed by atoms with Crippen molar-refractivity contribution in [1.82, 2.24) is 14.9 Å². The van der Waals surface area contributed by atoms with Crippen LogP contribution in [0.2, 0.25) is 0 Å². The molecule has 0 radical (unpaired) electrons. The normalized spacial score (nSPS) is 17.2. The molecule has 0 bridgehead atoms. The summed E-state index contributed by atoms with van der Waals surface area (Å²) in [6.07, 6.45) is 1.64. The maximum Gasteiger partial charge on any atom is 0.233 e. The largest absolute Gasteiger partial charge is 0.439 e. The Bertz CT molecular complexity index is 1110. The van der Waals surface area contributed by atoms with Crippen LogP contribution in [0, 0.1) is 12.7 Å². The first kappa shape index (κ1) is 20.4. The SMILES string of the molecule is Cc1nc(Oc2ccccc2)cc(N2CCN(C(=O)C3(c4ccc(F)cc4)CC3)CC2)n1. The molecule has 2 aliphatic rings. The van der Waals surface area contributed by atoms with Gasteiger partial charge >= 0.3 is 0 Å². The number of carbonyl (C=O) groups is 1. The van der Waals surface area contributed by atoms with Crippen molar-refractivity contribution in [3.05, 3.63) is 77.9 Å². The van der Waals surface area contributed by atoms with Crippen LogP contribution in [0.4, 0.5) is 10.2 Å². The highest BCUT2D eigenvalue weighted by Gasteiger charge is 2.53. The van der Waals surface area contributed by atoms with E-state index in [2.05, 4.69) is 14.9 Å². The fourth-order valence-corrected chi connectivity index (χ4v) is 4.31. The van der Waals surface area contributed by atoms with Crippen molar-refractivity contribution in [3.63, 3.8) is 0 Å². The Hall–Kier alpha value is -3.48. The number of halogens is 1. The van der Waals surface area contributed by atoms with Crippen LogP contribution in [0.15, 0.2) is 60.7 Å². The molecule has 0 unspecified atom stereocenters. The molecule has 1 aromatic heterocycles. The molecular weight excluding hydrogens is 407 g/mol. The van der Waals surface area contributed by atoms with E-state index >= 15 is 0 Å². The molecule has 3 aromatic rings. The first-order valence-corrected chi connectivity index (χ1v) is 10.9. The van der Waals surface area contributed by atoms with E-state index in [1.807, 2.05) is 48.2 Å². The third-order valence-corrected chi connectivity index (χ3v) is 6.21. The van der Waals surface area contributed by atoms with Gasteiger partial charge in [-0.25, -0.2) is 9.37 Å². The zero-order chi connectivity index (χ0) is 22.1. The highest BCUT2D eigenvalue weighted by molar-refractivity contribution is 5.91. The van der Waals surface area contributed by atoms with Crippen LogP contribution >= 0.6 is 0 Å². The van der Waals surface area contributed by atoms with Gasteiger partial charge in [0.1, 0.15) is 23.2 Å². The molecule has 1 aliphatic heterocycles. The Labute approximate surface area is 186 Å². The number of anilines is 1. The molecule has 1 saturated carbocycles. The lowest BCUT2D eigenvalue weighted by atomic mass is 9.94. The Morgan fingerprint density at radius 2 is 1.66 bits per heavy atom. The quantitative estimate of drug-likeness (QED) is 0.608. The monoisotopic (exact) mass is 432 g/mol. The third kappa shape index (κ3) is 4.02. The predicted octanol–water partition coefficient (Wildman–Crippen LogP) is 4.10. The molecule has 32 heavy (non-hydrogen) atoms. The molecule has 1 amide bonds. The highest BCUT2D eigenvalue weighted by Crippen LogP contribution is 2.49. The molecule has 1 aliphatic carbocycles. The minimum Gasteiger partial charge on any atom is -0.439 e. The van der Waals surface area contributed by atoms with Gasteiger partial charge in [-0.05, 0) is 49.6 Å². The maximum atomic E-state index is 13.3. The number of hydrogen-bond acceptors (Lipinski definition) is 5. The van der Waals surface area contributed by atoms with Crippen LogP contribution in [0.25, 0.3) is 0 Å². The van der Waals surface area contributed by atoms with Crippen molar-refractivity contribution >= 4 is 11.7 Å². The van der Waals surface area contributed by atoms with Crippen LogP contribution in [-0.2, 0) is 10.2 Å². The number of amides is 1. The summed E-state index contributed by atoms with van der Waals surface area (Å²) in [4.78, 5) is 26.4. The Morgan fingerprint density at radius 1 is 0.969 bits per heavy atom. The number of aromatic nitrogens is 2. The lowest BCUT2D eigenvalue weighted by Crippen LogP contribution is -2.51. The van der Waals surface area contributed by atoms with Gasteiger partial charge in [0.05, 0.1) is 5.41 Å². The van der Waals surface area contributed by atoms with Gasteiger partial charge in [-0.3, -0.25) is 4.79 Å². The van der Waals surface area contributed by atoms with Gasteiger partial charge in [-0.2, -0.15) is 4.98 Å². The lowest BCUT2D eigenvalue weighted by molar-refractivity contribution is -0.134. The van der Waals surface area contributed by atoms with Gasteiger partial charge in [-0.15, -0.1) is 0 Å². The molecule has 0 N–H and O–H groups in total. The molecule has 5 rings (SSSR count). The smallest absolute Gasteiger partial charge is 0.233 e. The van der Waals surface area contributed by atoms with E-state index in [4.69, 9.17) is 4.74 Å². The van der Waals surface area contributed by atoms with Crippen LogP contribution in [0.3, 0.4) is 0 Å². The average molecular weight is 432 g/mol. The molecule has 1 saturated heterocycles. The summed E-state index contributed by atoms with van der Waals surface area (Å²) in [5, 5.41) is 0. The maximum absolute atomic E-state index is 13.3. The van der Waals surface area contributed by atoms with Gasteiger partial charge < -0.3 is 14.5 Å². The molecule has 2 fully saturated rings. The summed E-state index contributed by atoms with van der Waals surface area (Å²) in [5.41, 5.74) is 0.443. The van der Waals surface area contributed by atoms with Crippen molar-refractivity contribution in [2.24, 2.45) is 0 Å². The van der Waals surface area contributed by atoms with E-state index in [1.165, 1.54) is 12.1 Å². The summed E-state index contributed by atoms with van der Waals surface area (Å²) in [6.45, 7) is 4.47. The number of hydrogen-bond donors (Lipinski definition) is 0. The van der Waals surface area contributed by atoms with Crippen LogP contribution in [-0.4, -0.2) is 47.0 Å². The van der Waals surface area contributed by atoms with E-state index in [-0.39, 0.29) is 11.7 Å². The van der Waals surface area contributed by atoms with Gasteiger partial charge in [0.15, 0.2) is 0 Å². The highest BCUT2D eigenvalue weighted by atomic mass is 19.1. The summed E-state index contributed by atoms with van der Waals surface area (Å²) >= 11 is 0. The van der Waals surface area contributed by atoms with E-state index in [9.17, 15) is 9.18 Å². The predicted molar refractivity (Wildman–Crippen MR) is 119 cm³/mol. The van der Waals surface area contributed by atoms with Crippen LogP contribution < -0.4 is 9.64 Å². The first-order chi connectivity index (χ1) is 15.5. The van der Waals surface area contributed by atoms with E-state index in [0.29, 0.717) is 37.9 Å². The Kier molecular flexibility index (Phi) is 5.25. The minimum atomic E-state index is -0.474. The Morgan fingerprint density at radius 3 is 2.31 bits per heavy atom. The number of piperazine rings is 1. The second-order valence-electron chi connectivity index (χ2n) is 8.39. The first-order valence-electron chi connectivity index (χ1n) is 10.9. The number of carbonyl (C=O) groups excluding carboxylic acids is 1. The minimum absolute atomic E-state index is 0.149. The fourth-order valence-electron chi connectivity index (χ4n) is 4.31. The van der Waals surface area contributed by atoms with Gasteiger partial charge in [0, 0.05) is 32.2 Å². The third-order valence-electron chi connectivity index (χ3n) is 6.21. The van der Waals surface area contributed by atoms with Crippen molar-refractivity contribution in [2.75, 3.05) is 31.1 Å². The number of ether oxygens (including phenoxy) is 1. The summed E-state index contributed by atoms with van der Waals surface area (Å²) in [5.74, 6) is 2.54. The van der Waals surface area contributed by atoms with Gasteiger partial charge in [0.2, 0.25) is 11.8 Å². The van der Waals surface area contributed by atoms with Crippen molar-refractivity contribution in [1.29, 1.82) is 0 Å². The summed E-state index contributed by atoms with van der Waals surface area (Å²) in [6, 6.07) is 17.7. The molecular formula is C25H25FN4O2. The second kappa shape index (κ2) is 8.22. The summed E-state index contributed by atoms with van der Waals surface area (Å²) in [7, 11) is 0. The van der Waals surface area contributed by atoms with Crippen molar-refractivity contribution < 1.29 is 13.9 Å². The van der Waals surface area contributed by atoms with Crippen LogP contribution in [0.5, 0.6) is 11.6 Å². The van der Waals surface area contributed by atoms with E-state index in [0.717, 1.165) is 30.0 Å². The average Bonchev–Trinajstić information content (AvgIpc) is 3.61. The number of aryl methyl sites for hydroxylation is 1. The molecule has 7 heteroatoms. The fraction of sp³-hybridized carbons (Fsp3) is 0.320. The van der Waals surface area contributed by atoms with E-state index in [1.54, 1.807) is 12.1 Å². The zero-order valence-electron chi connectivity index (χ0n) is 18.0. The molecule has 164 valence electrons. The van der Waals surface area contributed by atoms with Gasteiger partial charge in [0.25, 0.3) is 0 Å². The number of benzene rings is 2. The lowest BCUT2D eigenvalue weighted by Gasteiger charge is -2.37. The van der Waals surface area contributed by atoms with E-state index < -0.39 is 5.41 Å². The topological polar surface area (TPSA) is 58.6 Å². The molecule has 0 spiro atoms. The van der Waals surface area contributed by atoms with Crippen molar-refractivity contribution in [3.8, 4) is 11.6 Å². The zero-order valence-corrected chi connectivity index (χ0v) is 18.0. The van der Waals surface area contributed by atoms with Gasteiger partial charge in [-0.1, -0.05) is 30.3 Å². The number of para-hydroxylation sites is 1. The van der Waals surface area contributed by atoms with Crippen LogP contribution in [0.1, 0.15) is 24.2 Å². The standard InChI is InChI=1S/C25H25FN4O2/c1-18-27-22(17-23(28-18)32-21-5-3-2-4-6-21)29-13-15-30(16-14-29)24(31)25(11-12-25)19-7-9-20(26)10-8-19/h2-10,17H,11-16H2,1H3. The summed E-state index contributed by atoms with van der Waals surface area (Å²) < 4.78 is 19.2. The number of nitrogens with zero attached hydrogens (tertiary/aromatic N) is 4.